The molecular formula is C24H27N7OS. The van der Waals surface area contributed by atoms with Crippen LogP contribution in [0.5, 0.6) is 0 Å². The Morgan fingerprint density at radius 1 is 1.36 bits per heavy atom. The molecular weight excluding hydrogens is 434 g/mol. The van der Waals surface area contributed by atoms with Crippen molar-refractivity contribution in [2.75, 3.05) is 6.54 Å². The van der Waals surface area contributed by atoms with Gasteiger partial charge in [0.05, 0.1) is 36.2 Å². The molecule has 0 saturated carbocycles. The number of aromatic nitrogens is 3. The van der Waals surface area contributed by atoms with E-state index in [-0.39, 0.29) is 29.2 Å². The summed E-state index contributed by atoms with van der Waals surface area (Å²) >= 11 is -1.08. The Bertz CT molecular complexity index is 1160. The van der Waals surface area contributed by atoms with Crippen LogP contribution in [-0.2, 0) is 11.2 Å². The number of nitrogens with one attached hydrogen (secondary N) is 1. The minimum Gasteiger partial charge on any atom is -0.611 e. The van der Waals surface area contributed by atoms with Crippen LogP contribution in [0.2, 0.25) is 0 Å². The summed E-state index contributed by atoms with van der Waals surface area (Å²) in [6, 6.07) is 4.20. The molecule has 5 rings (SSSR count). The van der Waals surface area contributed by atoms with E-state index in [1.807, 2.05) is 48.8 Å². The highest BCUT2D eigenvalue weighted by Gasteiger charge is 2.41. The van der Waals surface area contributed by atoms with Gasteiger partial charge in [-0.3, -0.25) is 10.0 Å². The van der Waals surface area contributed by atoms with Crippen LogP contribution in [0.3, 0.4) is 0 Å². The van der Waals surface area contributed by atoms with Crippen molar-refractivity contribution in [2.24, 2.45) is 16.0 Å². The summed E-state index contributed by atoms with van der Waals surface area (Å²) in [5.74, 6) is 0.0409. The second-order valence-corrected chi connectivity index (χ2v) is 10.5. The first-order valence-electron chi connectivity index (χ1n) is 11.4. The van der Waals surface area contributed by atoms with Gasteiger partial charge in [0.15, 0.2) is 0 Å². The lowest BCUT2D eigenvalue weighted by molar-refractivity contribution is 0.181. The molecule has 3 aliphatic rings. The highest BCUT2D eigenvalue weighted by Crippen LogP contribution is 2.35. The van der Waals surface area contributed by atoms with E-state index >= 15 is 0 Å². The Balaban J connectivity index is 1.34. The number of fused-ring (bicyclic) bond motifs is 1. The first-order chi connectivity index (χ1) is 16.2. The molecule has 170 valence electrons. The maximum absolute atomic E-state index is 13.4. The zero-order valence-corrected chi connectivity index (χ0v) is 19.4. The predicted octanol–water partition coefficient (Wildman–Crippen LogP) is 3.46. The Morgan fingerprint density at radius 3 is 3.09 bits per heavy atom. The molecule has 0 radical (unpaired) electrons. The van der Waals surface area contributed by atoms with Crippen molar-refractivity contribution in [1.29, 1.82) is 5.26 Å². The molecule has 1 aliphatic carbocycles. The van der Waals surface area contributed by atoms with Gasteiger partial charge in [0.2, 0.25) is 0 Å². The molecule has 9 heteroatoms. The summed E-state index contributed by atoms with van der Waals surface area (Å²) in [6.07, 6.45) is 16.3. The lowest BCUT2D eigenvalue weighted by Gasteiger charge is -2.37. The minimum atomic E-state index is -1.08. The number of hydrazone groups is 1. The van der Waals surface area contributed by atoms with Gasteiger partial charge in [0.1, 0.15) is 22.1 Å². The molecule has 33 heavy (non-hydrogen) atoms. The standard InChI is InChI=1S/C24H27N7OS/c1-16-22(33(32)19-5-3-2-4-6-19)11-17(12-27-16)21(7-9-25)31-14-18(13-30-31)23-20-8-10-26-24(20)29-15-28-23/h2-3,5,8,10,12-13,15-18,21-22H,4,6-7,11,14H2,1H3,(H,26,28,29)/t16?,17?,18?,21?,22?,33-/m1/s1. The maximum Gasteiger partial charge on any atom is 0.143 e. The number of rotatable bonds is 6. The molecule has 2 aromatic rings. The van der Waals surface area contributed by atoms with Crippen LogP contribution in [0.1, 0.15) is 44.2 Å². The monoisotopic (exact) mass is 461 g/mol. The summed E-state index contributed by atoms with van der Waals surface area (Å²) in [6.45, 7) is 2.68. The maximum atomic E-state index is 13.4. The fraction of sp³-hybridized carbons (Fsp3) is 0.458. The predicted molar refractivity (Wildman–Crippen MR) is 130 cm³/mol. The average molecular weight is 462 g/mol. The van der Waals surface area contributed by atoms with Gasteiger partial charge < -0.3 is 9.54 Å². The number of nitriles is 1. The van der Waals surface area contributed by atoms with E-state index in [9.17, 15) is 9.81 Å². The number of aliphatic imine (C=N–C) groups is 1. The van der Waals surface area contributed by atoms with Crippen LogP contribution in [0, 0.1) is 17.2 Å². The van der Waals surface area contributed by atoms with E-state index in [4.69, 9.17) is 4.99 Å². The third-order valence-electron chi connectivity index (χ3n) is 6.76. The second kappa shape index (κ2) is 9.49. The smallest absolute Gasteiger partial charge is 0.143 e. The van der Waals surface area contributed by atoms with Crippen molar-refractivity contribution in [3.8, 4) is 6.07 Å². The van der Waals surface area contributed by atoms with Crippen LogP contribution < -0.4 is 0 Å². The topological polar surface area (TPSA) is 116 Å². The fourth-order valence-corrected chi connectivity index (χ4v) is 6.68. The molecule has 6 atom stereocenters. The summed E-state index contributed by atoms with van der Waals surface area (Å²) in [5.41, 5.74) is 1.75. The molecule has 2 aliphatic heterocycles. The molecule has 0 fully saturated rings. The molecule has 1 N–H and O–H groups in total. The molecule has 0 saturated heterocycles. The number of aromatic amines is 1. The zero-order valence-electron chi connectivity index (χ0n) is 18.5. The highest BCUT2D eigenvalue weighted by molar-refractivity contribution is 7.95. The Hall–Kier alpha value is -2.96. The van der Waals surface area contributed by atoms with Crippen LogP contribution in [0.4, 0.5) is 0 Å². The molecule has 0 amide bonds. The van der Waals surface area contributed by atoms with Gasteiger partial charge in [-0.05, 0) is 36.7 Å². The van der Waals surface area contributed by atoms with Crippen molar-refractivity contribution in [3.05, 3.63) is 47.4 Å². The molecule has 5 unspecified atom stereocenters. The van der Waals surface area contributed by atoms with Gasteiger partial charge in [0, 0.05) is 49.3 Å². The molecule has 4 heterocycles. The normalized spacial score (nSPS) is 28.6. The fourth-order valence-electron chi connectivity index (χ4n) is 4.93. The third-order valence-corrected chi connectivity index (χ3v) is 8.75. The van der Waals surface area contributed by atoms with Crippen LogP contribution in [-0.4, -0.2) is 60.8 Å². The molecule has 8 nitrogen and oxygen atoms in total. The lowest BCUT2D eigenvalue weighted by Crippen LogP contribution is -2.45. The summed E-state index contributed by atoms with van der Waals surface area (Å²) in [5, 5.41) is 17.2. The SMILES string of the molecule is CC1N=CC(C(CC#N)N2CC(c3ncnc4[nH]ccc34)C=N2)CC1[S@+]([O-])C1=CC=CCC1. The summed E-state index contributed by atoms with van der Waals surface area (Å²) in [4.78, 5) is 17.6. The third kappa shape index (κ3) is 4.33. The zero-order chi connectivity index (χ0) is 22.8. The largest absolute Gasteiger partial charge is 0.611 e. The number of hydrogen-bond acceptors (Lipinski definition) is 7. The van der Waals surface area contributed by atoms with Gasteiger partial charge in [-0.15, -0.1) is 0 Å². The summed E-state index contributed by atoms with van der Waals surface area (Å²) < 4.78 is 13.4. The van der Waals surface area contributed by atoms with Gasteiger partial charge in [-0.25, -0.2) is 9.97 Å². The lowest BCUT2D eigenvalue weighted by atomic mass is 9.89. The summed E-state index contributed by atoms with van der Waals surface area (Å²) in [7, 11) is 0. The Kier molecular flexibility index (Phi) is 6.29. The van der Waals surface area contributed by atoms with Crippen LogP contribution in [0.25, 0.3) is 11.0 Å². The van der Waals surface area contributed by atoms with Crippen LogP contribution in [0.15, 0.2) is 51.8 Å². The van der Waals surface area contributed by atoms with Crippen molar-refractivity contribution in [2.45, 2.75) is 55.9 Å². The van der Waals surface area contributed by atoms with E-state index in [1.165, 1.54) is 0 Å². The van der Waals surface area contributed by atoms with Gasteiger partial charge in [-0.2, -0.15) is 10.4 Å². The average Bonchev–Trinajstić information content (AvgIpc) is 3.53. The van der Waals surface area contributed by atoms with Crippen molar-refractivity contribution in [3.63, 3.8) is 0 Å². The Morgan fingerprint density at radius 2 is 2.27 bits per heavy atom. The van der Waals surface area contributed by atoms with E-state index in [1.54, 1.807) is 6.33 Å². The molecule has 2 aromatic heterocycles. The van der Waals surface area contributed by atoms with E-state index in [2.05, 4.69) is 32.2 Å². The molecule has 0 bridgehead atoms. The van der Waals surface area contributed by atoms with Crippen molar-refractivity contribution >= 4 is 34.6 Å². The molecule has 0 spiro atoms. The van der Waals surface area contributed by atoms with E-state index in [0.717, 1.165) is 40.9 Å². The Labute approximate surface area is 196 Å². The number of allylic oxidation sites excluding steroid dienone is 4. The second-order valence-electron chi connectivity index (χ2n) is 8.80. The van der Waals surface area contributed by atoms with E-state index < -0.39 is 11.2 Å². The van der Waals surface area contributed by atoms with Crippen molar-refractivity contribution in [1.82, 2.24) is 20.0 Å². The highest BCUT2D eigenvalue weighted by atomic mass is 32.2. The van der Waals surface area contributed by atoms with Crippen molar-refractivity contribution < 1.29 is 4.55 Å². The van der Waals surface area contributed by atoms with Gasteiger partial charge in [0.25, 0.3) is 0 Å². The van der Waals surface area contributed by atoms with Gasteiger partial charge >= 0.3 is 0 Å². The number of H-pyrrole nitrogens is 1. The van der Waals surface area contributed by atoms with Gasteiger partial charge in [-0.1, -0.05) is 12.2 Å². The first-order valence-corrected chi connectivity index (χ1v) is 12.6. The first kappa shape index (κ1) is 21.9. The van der Waals surface area contributed by atoms with Crippen LogP contribution >= 0.6 is 0 Å². The number of nitrogens with zero attached hydrogens (tertiary/aromatic N) is 6. The number of hydrogen-bond donors (Lipinski definition) is 1. The quantitative estimate of drug-likeness (QED) is 0.661. The molecule has 0 aromatic carbocycles. The minimum absolute atomic E-state index is 0.00523. The van der Waals surface area contributed by atoms with E-state index in [0.29, 0.717) is 13.0 Å².